The molecular weight excluding hydrogens is 391 g/mol. The van der Waals surface area contributed by atoms with Crippen LogP contribution < -0.4 is 0 Å². The first-order valence-corrected chi connectivity index (χ1v) is 9.30. The molecule has 0 aromatic carbocycles. The Bertz CT molecular complexity index is 806. The van der Waals surface area contributed by atoms with Gasteiger partial charge < -0.3 is 19.2 Å². The summed E-state index contributed by atoms with van der Waals surface area (Å²) in [7, 11) is 0. The van der Waals surface area contributed by atoms with Gasteiger partial charge in [0, 0.05) is 49.5 Å². The van der Waals surface area contributed by atoms with Gasteiger partial charge in [-0.3, -0.25) is 0 Å². The lowest BCUT2D eigenvalue weighted by atomic mass is 10.0. The van der Waals surface area contributed by atoms with Crippen LogP contribution in [0.5, 0.6) is 0 Å². The highest BCUT2D eigenvalue weighted by atomic mass is 19.4. The second kappa shape index (κ2) is 9.36. The van der Waals surface area contributed by atoms with Crippen molar-refractivity contribution in [1.82, 2.24) is 14.9 Å². The first kappa shape index (κ1) is 21.3. The summed E-state index contributed by atoms with van der Waals surface area (Å²) in [5.41, 5.74) is 4.56. The van der Waals surface area contributed by atoms with Crippen molar-refractivity contribution in [3.05, 3.63) is 36.2 Å². The Morgan fingerprint density at radius 1 is 1.28 bits per heavy atom. The topological polar surface area (TPSA) is 88.7 Å². The highest BCUT2D eigenvalue weighted by molar-refractivity contribution is 5.73. The van der Waals surface area contributed by atoms with Gasteiger partial charge in [0.15, 0.2) is 0 Å². The normalized spacial score (nSPS) is 19.8. The molecule has 0 spiro atoms. The van der Waals surface area contributed by atoms with E-state index in [9.17, 15) is 13.2 Å². The summed E-state index contributed by atoms with van der Waals surface area (Å²) in [6, 6.07) is 1.97. The number of aliphatic carboxylic acids is 1. The second-order valence-corrected chi connectivity index (χ2v) is 6.99. The zero-order chi connectivity index (χ0) is 20.9. The largest absolute Gasteiger partial charge is 0.490 e. The van der Waals surface area contributed by atoms with Crippen LogP contribution >= 0.6 is 0 Å². The van der Waals surface area contributed by atoms with E-state index in [4.69, 9.17) is 19.1 Å². The molecule has 0 saturated carbocycles. The minimum absolute atomic E-state index is 0.695. The molecule has 4 rings (SSSR count). The van der Waals surface area contributed by atoms with Crippen LogP contribution in [0.25, 0.3) is 11.3 Å². The van der Waals surface area contributed by atoms with E-state index in [0.29, 0.717) is 5.92 Å². The Kier molecular flexibility index (Phi) is 6.86. The molecule has 1 atom stereocenters. The van der Waals surface area contributed by atoms with E-state index in [-0.39, 0.29) is 0 Å². The van der Waals surface area contributed by atoms with Gasteiger partial charge in [0.25, 0.3) is 0 Å². The number of fused-ring (bicyclic) bond motifs is 1. The standard InChI is InChI=1S/C17H21N3O2.C2HF3O2/c1-5-20(9-13-3-7-21-10-13)6-2-16-15(1)17(19-12-18-16)14-4-8-22-11-14;3-2(4,5)1(6)7/h4,8,11-13H,1-3,5-7,9-10H2;(H,6,7). The number of carboxylic acids is 1. The first-order valence-electron chi connectivity index (χ1n) is 9.30. The number of carbonyl (C=O) groups is 1. The smallest absolute Gasteiger partial charge is 0.475 e. The van der Waals surface area contributed by atoms with Gasteiger partial charge in [0.05, 0.1) is 24.8 Å². The van der Waals surface area contributed by atoms with Gasteiger partial charge in [-0.1, -0.05) is 0 Å². The molecule has 2 aliphatic rings. The van der Waals surface area contributed by atoms with Crippen molar-refractivity contribution in [2.75, 3.05) is 32.8 Å². The zero-order valence-corrected chi connectivity index (χ0v) is 15.7. The number of halogens is 3. The van der Waals surface area contributed by atoms with Gasteiger partial charge in [-0.15, -0.1) is 0 Å². The van der Waals surface area contributed by atoms with Gasteiger partial charge in [0.2, 0.25) is 0 Å². The molecule has 1 saturated heterocycles. The molecule has 1 N–H and O–H groups in total. The molecule has 0 bridgehead atoms. The number of ether oxygens (including phenoxy) is 1. The molecule has 10 heteroatoms. The highest BCUT2D eigenvalue weighted by Crippen LogP contribution is 2.26. The van der Waals surface area contributed by atoms with Gasteiger partial charge in [0.1, 0.15) is 6.33 Å². The number of carboxylic acid groups (broad SMARTS) is 1. The van der Waals surface area contributed by atoms with Crippen LogP contribution in [0.1, 0.15) is 17.7 Å². The third-order valence-electron chi connectivity index (χ3n) is 4.95. The molecule has 7 nitrogen and oxygen atoms in total. The van der Waals surface area contributed by atoms with Gasteiger partial charge in [-0.2, -0.15) is 13.2 Å². The van der Waals surface area contributed by atoms with Crippen LogP contribution in [0, 0.1) is 5.92 Å². The summed E-state index contributed by atoms with van der Waals surface area (Å²) in [6.07, 6.45) is 3.26. The van der Waals surface area contributed by atoms with Crippen LogP contribution in [0.3, 0.4) is 0 Å². The molecule has 1 fully saturated rings. The lowest BCUT2D eigenvalue weighted by Crippen LogP contribution is -2.32. The van der Waals surface area contributed by atoms with Crippen molar-refractivity contribution in [3.8, 4) is 11.3 Å². The molecule has 4 heterocycles. The molecule has 2 aliphatic heterocycles. The molecule has 1 unspecified atom stereocenters. The van der Waals surface area contributed by atoms with E-state index in [1.165, 1.54) is 17.7 Å². The maximum Gasteiger partial charge on any atom is 0.490 e. The lowest BCUT2D eigenvalue weighted by Gasteiger charge is -2.22. The number of nitrogens with zero attached hydrogens (tertiary/aromatic N) is 3. The quantitative estimate of drug-likeness (QED) is 0.828. The van der Waals surface area contributed by atoms with Crippen LogP contribution in [0.15, 0.2) is 29.3 Å². The predicted molar refractivity (Wildman–Crippen MR) is 96.2 cm³/mol. The van der Waals surface area contributed by atoms with Crippen molar-refractivity contribution in [2.45, 2.75) is 25.4 Å². The molecule has 0 aliphatic carbocycles. The zero-order valence-electron chi connectivity index (χ0n) is 15.7. The van der Waals surface area contributed by atoms with Crippen molar-refractivity contribution < 1.29 is 32.2 Å². The Balaban J connectivity index is 0.000000298. The van der Waals surface area contributed by atoms with E-state index in [1.54, 1.807) is 18.9 Å². The van der Waals surface area contributed by atoms with E-state index in [1.807, 2.05) is 6.07 Å². The van der Waals surface area contributed by atoms with E-state index in [0.717, 1.165) is 56.9 Å². The number of aromatic nitrogens is 2. The number of hydrogen-bond acceptors (Lipinski definition) is 6. The van der Waals surface area contributed by atoms with Crippen LogP contribution in [-0.4, -0.2) is 65.0 Å². The minimum atomic E-state index is -5.08. The number of furan rings is 1. The summed E-state index contributed by atoms with van der Waals surface area (Å²) in [5, 5.41) is 7.12. The number of alkyl halides is 3. The van der Waals surface area contributed by atoms with Crippen LogP contribution in [0.2, 0.25) is 0 Å². The van der Waals surface area contributed by atoms with E-state index in [2.05, 4.69) is 14.9 Å². The van der Waals surface area contributed by atoms with E-state index >= 15 is 0 Å². The third kappa shape index (κ3) is 5.77. The predicted octanol–water partition coefficient (Wildman–Crippen LogP) is 2.81. The summed E-state index contributed by atoms with van der Waals surface area (Å²) < 4.78 is 42.5. The van der Waals surface area contributed by atoms with Crippen molar-refractivity contribution >= 4 is 5.97 Å². The summed E-state index contributed by atoms with van der Waals surface area (Å²) in [6.45, 7) is 5.13. The van der Waals surface area contributed by atoms with Crippen LogP contribution in [0.4, 0.5) is 13.2 Å². The summed E-state index contributed by atoms with van der Waals surface area (Å²) in [5.74, 6) is -2.06. The fraction of sp³-hybridized carbons (Fsp3) is 0.526. The average Bonchev–Trinajstić information content (AvgIpc) is 3.34. The third-order valence-corrected chi connectivity index (χ3v) is 4.95. The van der Waals surface area contributed by atoms with Crippen molar-refractivity contribution in [2.24, 2.45) is 5.92 Å². The van der Waals surface area contributed by atoms with Gasteiger partial charge >= 0.3 is 12.1 Å². The average molecular weight is 413 g/mol. The summed E-state index contributed by atoms with van der Waals surface area (Å²) >= 11 is 0. The molecule has 158 valence electrons. The molecule has 0 amide bonds. The number of rotatable bonds is 3. The fourth-order valence-electron chi connectivity index (χ4n) is 3.50. The summed E-state index contributed by atoms with van der Waals surface area (Å²) in [4.78, 5) is 20.5. The molecule has 0 radical (unpaired) electrons. The highest BCUT2D eigenvalue weighted by Gasteiger charge is 2.38. The maximum absolute atomic E-state index is 10.6. The van der Waals surface area contributed by atoms with Gasteiger partial charge in [-0.25, -0.2) is 14.8 Å². The van der Waals surface area contributed by atoms with Crippen molar-refractivity contribution in [3.63, 3.8) is 0 Å². The molecular formula is C19H22F3N3O4. The molecule has 2 aromatic rings. The van der Waals surface area contributed by atoms with E-state index < -0.39 is 12.1 Å². The first-order chi connectivity index (χ1) is 13.8. The second-order valence-electron chi connectivity index (χ2n) is 6.99. The Hall–Kier alpha value is -2.46. The Morgan fingerprint density at radius 3 is 2.66 bits per heavy atom. The maximum atomic E-state index is 10.6. The van der Waals surface area contributed by atoms with Crippen molar-refractivity contribution in [1.29, 1.82) is 0 Å². The number of hydrogen-bond donors (Lipinski definition) is 1. The van der Waals surface area contributed by atoms with Crippen LogP contribution in [-0.2, 0) is 22.4 Å². The van der Waals surface area contributed by atoms with Gasteiger partial charge in [-0.05, 0) is 24.8 Å². The minimum Gasteiger partial charge on any atom is -0.475 e. The SMILES string of the molecule is O=C(O)C(F)(F)F.c1nc2c(c(-c3ccoc3)n1)CCN(CC1CCOC1)CC2. The Morgan fingerprint density at radius 2 is 2.03 bits per heavy atom. The fourth-order valence-corrected chi connectivity index (χ4v) is 3.50. The molecule has 29 heavy (non-hydrogen) atoms. The monoisotopic (exact) mass is 413 g/mol. The Labute approximate surface area is 165 Å². The lowest BCUT2D eigenvalue weighted by molar-refractivity contribution is -0.192. The molecule has 2 aromatic heterocycles.